The summed E-state index contributed by atoms with van der Waals surface area (Å²) in [7, 11) is 2.59. The van der Waals surface area contributed by atoms with Gasteiger partial charge in [0.05, 0.1) is 44.1 Å². The Morgan fingerprint density at radius 3 is 1.89 bits per heavy atom. The number of hydrogen-bond acceptors (Lipinski definition) is 7. The van der Waals surface area contributed by atoms with Crippen molar-refractivity contribution in [1.82, 2.24) is 0 Å². The number of hydrogen-bond donors (Lipinski definition) is 2. The molecule has 3 rings (SSSR count). The van der Waals surface area contributed by atoms with E-state index >= 15 is 0 Å². The number of methoxy groups -OCH3 is 2. The van der Waals surface area contributed by atoms with Crippen molar-refractivity contribution in [3.8, 4) is 11.5 Å². The number of aliphatic imine (C=N–C) groups is 2. The molecule has 214 valence electrons. The minimum Gasteiger partial charge on any atom is -0.494 e. The van der Waals surface area contributed by atoms with E-state index in [1.807, 2.05) is 6.92 Å². The average Bonchev–Trinajstić information content (AvgIpc) is 2.92. The predicted octanol–water partition coefficient (Wildman–Crippen LogP) is 5.61. The van der Waals surface area contributed by atoms with Crippen LogP contribution in [0.2, 0.25) is 0 Å². The van der Waals surface area contributed by atoms with Gasteiger partial charge in [0, 0.05) is 19.3 Å². The number of rotatable bonds is 4. The van der Waals surface area contributed by atoms with Gasteiger partial charge in [0.15, 0.2) is 23.1 Å². The summed E-state index contributed by atoms with van der Waals surface area (Å²) in [4.78, 5) is 16.7. The van der Waals surface area contributed by atoms with Crippen LogP contribution in [0.25, 0.3) is 5.70 Å². The fraction of sp³-hybridized carbons (Fsp3) is 0.464. The number of benzene rings is 1. The number of nitrogens with zero attached hydrogens (tertiary/aromatic N) is 2. The fourth-order valence-electron chi connectivity index (χ4n) is 2.86. The number of amides is 1. The molecular formula is C28H44F2N4O4. The zero-order valence-corrected chi connectivity index (χ0v) is 23.6. The molecule has 8 nitrogen and oxygen atoms in total. The Hall–Kier alpha value is -3.37. The maximum absolute atomic E-state index is 14.5. The van der Waals surface area contributed by atoms with Gasteiger partial charge >= 0.3 is 0 Å². The first kappa shape index (κ1) is 36.8. The van der Waals surface area contributed by atoms with Crippen molar-refractivity contribution in [2.24, 2.45) is 21.5 Å². The molecule has 0 aromatic heterocycles. The molecule has 0 aliphatic carbocycles. The average molecular weight is 539 g/mol. The Kier molecular flexibility index (Phi) is 23.2. The van der Waals surface area contributed by atoms with Crippen LogP contribution in [-0.2, 0) is 9.53 Å². The van der Waals surface area contributed by atoms with Crippen molar-refractivity contribution in [3.05, 3.63) is 53.6 Å². The molecule has 1 aromatic rings. The third-order valence-corrected chi connectivity index (χ3v) is 4.39. The first-order valence-corrected chi connectivity index (χ1v) is 12.4. The molecule has 0 bridgehead atoms. The highest BCUT2D eigenvalue weighted by Crippen LogP contribution is 2.36. The van der Waals surface area contributed by atoms with Crippen LogP contribution in [-0.4, -0.2) is 52.4 Å². The van der Waals surface area contributed by atoms with Crippen molar-refractivity contribution in [3.63, 3.8) is 0 Å². The van der Waals surface area contributed by atoms with E-state index in [2.05, 4.69) is 36.1 Å². The molecule has 0 atom stereocenters. The molecule has 2 heterocycles. The molecular weight excluding hydrogens is 494 g/mol. The standard InChI is InChI=1S/C16H17F2N3O2.C5H10O.C3H8.C3H6.CH3NO/c1-4-9-5-10(20-7-11(9)21-8-19)14-15(17)12(22-2)6-13(23-3)16(14)18;1-2-4-6-5-3-1;2*1-3-2;2-1-3/h4-7H,8,19H2,1-3H3;1-5H2;3H2,1-2H3;3H,1H2,2H3;1H,(H2,2,3)/b9-4-,21-11-;;;;. The molecule has 2 aliphatic rings. The maximum Gasteiger partial charge on any atom is 0.204 e. The summed E-state index contributed by atoms with van der Waals surface area (Å²) in [6.07, 6.45) is 11.9. The van der Waals surface area contributed by atoms with E-state index in [0.29, 0.717) is 11.3 Å². The van der Waals surface area contributed by atoms with E-state index in [-0.39, 0.29) is 35.8 Å². The van der Waals surface area contributed by atoms with Crippen molar-refractivity contribution in [1.29, 1.82) is 0 Å². The van der Waals surface area contributed by atoms with Gasteiger partial charge in [0.25, 0.3) is 0 Å². The highest BCUT2D eigenvalue weighted by Gasteiger charge is 2.24. The van der Waals surface area contributed by atoms with Crippen LogP contribution in [0, 0.1) is 11.6 Å². The van der Waals surface area contributed by atoms with E-state index in [0.717, 1.165) is 19.3 Å². The largest absolute Gasteiger partial charge is 0.494 e. The van der Waals surface area contributed by atoms with Gasteiger partial charge in [-0.3, -0.25) is 14.8 Å². The quantitative estimate of drug-likeness (QED) is 0.381. The van der Waals surface area contributed by atoms with Crippen LogP contribution < -0.4 is 20.9 Å². The molecule has 0 saturated carbocycles. The first-order chi connectivity index (χ1) is 18.3. The number of ether oxygens (including phenoxy) is 3. The van der Waals surface area contributed by atoms with Crippen LogP contribution in [0.3, 0.4) is 0 Å². The Balaban J connectivity index is 0. The maximum atomic E-state index is 14.5. The molecule has 1 aromatic carbocycles. The number of nitrogens with two attached hydrogens (primary N) is 2. The molecule has 4 N–H and O–H groups in total. The minimum absolute atomic E-state index is 0.0948. The first-order valence-electron chi connectivity index (χ1n) is 12.4. The molecule has 10 heteroatoms. The van der Waals surface area contributed by atoms with E-state index in [1.54, 1.807) is 19.1 Å². The Bertz CT molecular complexity index is 896. The highest BCUT2D eigenvalue weighted by molar-refractivity contribution is 6.41. The second-order valence-corrected chi connectivity index (χ2v) is 7.47. The molecule has 1 amide bonds. The molecule has 0 unspecified atom stereocenters. The fourth-order valence-corrected chi connectivity index (χ4v) is 2.86. The van der Waals surface area contributed by atoms with E-state index < -0.39 is 11.6 Å². The van der Waals surface area contributed by atoms with E-state index in [1.165, 1.54) is 52.2 Å². The molecule has 0 spiro atoms. The van der Waals surface area contributed by atoms with Gasteiger partial charge in [-0.1, -0.05) is 32.4 Å². The third-order valence-electron chi connectivity index (χ3n) is 4.39. The summed E-state index contributed by atoms with van der Waals surface area (Å²) >= 11 is 0. The third kappa shape index (κ3) is 13.8. The van der Waals surface area contributed by atoms with Gasteiger partial charge in [-0.25, -0.2) is 8.78 Å². The summed E-state index contributed by atoms with van der Waals surface area (Å²) in [6.45, 7) is 13.4. The second-order valence-electron chi connectivity index (χ2n) is 7.47. The predicted molar refractivity (Wildman–Crippen MR) is 153 cm³/mol. The van der Waals surface area contributed by atoms with Crippen molar-refractivity contribution in [2.45, 2.75) is 53.4 Å². The second kappa shape index (κ2) is 24.0. The lowest BCUT2D eigenvalue weighted by Crippen LogP contribution is -2.12. The Morgan fingerprint density at radius 2 is 1.58 bits per heavy atom. The van der Waals surface area contributed by atoms with Gasteiger partial charge in [-0.15, -0.1) is 6.58 Å². The topological polar surface area (TPSA) is 122 Å². The monoisotopic (exact) mass is 538 g/mol. The van der Waals surface area contributed by atoms with Gasteiger partial charge in [0.1, 0.15) is 0 Å². The van der Waals surface area contributed by atoms with Crippen molar-refractivity contribution in [2.75, 3.05) is 34.1 Å². The summed E-state index contributed by atoms with van der Waals surface area (Å²) in [6, 6.07) is 1.15. The van der Waals surface area contributed by atoms with Gasteiger partial charge < -0.3 is 25.7 Å². The minimum atomic E-state index is -0.844. The molecule has 2 aliphatic heterocycles. The number of allylic oxidation sites excluding steroid dienone is 4. The lowest BCUT2D eigenvalue weighted by Gasteiger charge is -2.15. The van der Waals surface area contributed by atoms with Crippen LogP contribution in [0.5, 0.6) is 11.5 Å². The Labute approximate surface area is 226 Å². The zero-order valence-electron chi connectivity index (χ0n) is 23.6. The summed E-state index contributed by atoms with van der Waals surface area (Å²) in [5, 5.41) is 0. The van der Waals surface area contributed by atoms with Crippen LogP contribution in [0.4, 0.5) is 8.78 Å². The van der Waals surface area contributed by atoms with E-state index in [4.69, 9.17) is 24.7 Å². The smallest absolute Gasteiger partial charge is 0.204 e. The van der Waals surface area contributed by atoms with Gasteiger partial charge in [-0.05, 0) is 44.8 Å². The Morgan fingerprint density at radius 1 is 1.11 bits per heavy atom. The SMILES string of the molecule is C/C=C1/C=C(c2c(F)c(OC)cc(OC)c2F)N=C/C1=N/CN.C1CCOCC1.C=CC.CCC.NC=O. The normalized spacial score (nSPS) is 15.6. The lowest BCUT2D eigenvalue weighted by molar-refractivity contribution is -0.106. The zero-order chi connectivity index (χ0) is 29.3. The van der Waals surface area contributed by atoms with E-state index in [9.17, 15) is 8.78 Å². The number of carbonyl (C=O) groups is 1. The number of primary amides is 1. The highest BCUT2D eigenvalue weighted by atomic mass is 19.1. The van der Waals surface area contributed by atoms with Crippen molar-refractivity contribution >= 4 is 24.0 Å². The summed E-state index contributed by atoms with van der Waals surface area (Å²) < 4.78 is 43.9. The number of carbonyl (C=O) groups excluding carboxylic acids is 1. The van der Waals surface area contributed by atoms with Crippen LogP contribution in [0.1, 0.15) is 58.9 Å². The summed E-state index contributed by atoms with van der Waals surface area (Å²) in [5.74, 6) is -1.94. The van der Waals surface area contributed by atoms with Gasteiger partial charge in [0.2, 0.25) is 6.41 Å². The molecule has 1 saturated heterocycles. The lowest BCUT2D eigenvalue weighted by atomic mass is 10.0. The molecule has 0 radical (unpaired) electrons. The van der Waals surface area contributed by atoms with Gasteiger partial charge in [-0.2, -0.15) is 0 Å². The van der Waals surface area contributed by atoms with Crippen molar-refractivity contribution < 1.29 is 27.8 Å². The summed E-state index contributed by atoms with van der Waals surface area (Å²) in [5.41, 5.74) is 10.6. The molecule has 1 fully saturated rings. The van der Waals surface area contributed by atoms with Crippen LogP contribution in [0.15, 0.2) is 46.4 Å². The number of halogens is 2. The molecule has 38 heavy (non-hydrogen) atoms. The van der Waals surface area contributed by atoms with Crippen LogP contribution >= 0.6 is 0 Å².